The molecule has 80 valence electrons. The summed E-state index contributed by atoms with van der Waals surface area (Å²) in [6, 6.07) is 4.96. The molecule has 0 amide bonds. The summed E-state index contributed by atoms with van der Waals surface area (Å²) < 4.78 is 5.31. The first-order valence-electron chi connectivity index (χ1n) is 4.66. The number of nitriles is 1. The molecule has 2 rings (SSSR count). The van der Waals surface area contributed by atoms with Crippen molar-refractivity contribution in [2.24, 2.45) is 5.73 Å². The smallest absolute Gasteiger partial charge is 0.266 e. The van der Waals surface area contributed by atoms with E-state index in [-0.39, 0.29) is 6.04 Å². The van der Waals surface area contributed by atoms with E-state index in [1.807, 2.05) is 6.07 Å². The molecule has 2 aromatic heterocycles. The predicted octanol–water partition coefficient (Wildman–Crippen LogP) is 1.02. The second kappa shape index (κ2) is 4.08. The molecule has 0 aliphatic rings. The Labute approximate surface area is 91.7 Å². The minimum Gasteiger partial charge on any atom is -0.418 e. The maximum absolute atomic E-state index is 8.62. The summed E-state index contributed by atoms with van der Waals surface area (Å²) in [7, 11) is 0. The van der Waals surface area contributed by atoms with Crippen molar-refractivity contribution in [1.29, 1.82) is 5.26 Å². The molecule has 1 unspecified atom stereocenters. The Hall–Kier alpha value is -2.26. The zero-order valence-corrected chi connectivity index (χ0v) is 8.58. The molecule has 0 aliphatic heterocycles. The fraction of sp³-hybridized carbons (Fsp3) is 0.200. The summed E-state index contributed by atoms with van der Waals surface area (Å²) >= 11 is 0. The fourth-order valence-electron chi connectivity index (χ4n) is 1.11. The van der Waals surface area contributed by atoms with Gasteiger partial charge in [0.05, 0.1) is 11.6 Å². The monoisotopic (exact) mass is 215 g/mol. The Morgan fingerprint density at radius 3 is 2.75 bits per heavy atom. The molecule has 16 heavy (non-hydrogen) atoms. The van der Waals surface area contributed by atoms with Crippen molar-refractivity contribution in [3.63, 3.8) is 0 Å². The lowest BCUT2D eigenvalue weighted by Gasteiger charge is -1.95. The molecule has 0 fully saturated rings. The summed E-state index contributed by atoms with van der Waals surface area (Å²) in [6.45, 7) is 1.75. The van der Waals surface area contributed by atoms with Crippen LogP contribution in [0.4, 0.5) is 0 Å². The van der Waals surface area contributed by atoms with Gasteiger partial charge in [-0.3, -0.25) is 0 Å². The minimum atomic E-state index is -0.306. The number of rotatable bonds is 2. The number of hydrogen-bond donors (Lipinski definition) is 1. The van der Waals surface area contributed by atoms with Gasteiger partial charge in [-0.25, -0.2) is 4.98 Å². The van der Waals surface area contributed by atoms with Crippen molar-refractivity contribution in [3.8, 4) is 17.7 Å². The van der Waals surface area contributed by atoms with Crippen LogP contribution in [0.25, 0.3) is 11.6 Å². The van der Waals surface area contributed by atoms with E-state index in [2.05, 4.69) is 15.2 Å². The van der Waals surface area contributed by atoms with Crippen LogP contribution in [0, 0.1) is 11.3 Å². The number of nitrogens with zero attached hydrogens (tertiary/aromatic N) is 4. The third-order valence-electron chi connectivity index (χ3n) is 1.94. The van der Waals surface area contributed by atoms with E-state index in [9.17, 15) is 0 Å². The van der Waals surface area contributed by atoms with E-state index in [0.717, 1.165) is 0 Å². The summed E-state index contributed by atoms with van der Waals surface area (Å²) in [6.07, 6.45) is 1.45. The zero-order chi connectivity index (χ0) is 11.5. The van der Waals surface area contributed by atoms with Crippen LogP contribution < -0.4 is 5.73 Å². The van der Waals surface area contributed by atoms with Gasteiger partial charge in [0.25, 0.3) is 5.89 Å². The van der Waals surface area contributed by atoms with Crippen LogP contribution in [-0.2, 0) is 0 Å². The highest BCUT2D eigenvalue weighted by Crippen LogP contribution is 2.17. The van der Waals surface area contributed by atoms with E-state index >= 15 is 0 Å². The molecule has 0 bridgehead atoms. The molecule has 2 N–H and O–H groups in total. The molecule has 6 heteroatoms. The lowest BCUT2D eigenvalue weighted by Crippen LogP contribution is -2.04. The van der Waals surface area contributed by atoms with Crippen molar-refractivity contribution in [1.82, 2.24) is 15.2 Å². The SMILES string of the molecule is CC(N)c1nnc(-c2ccc(C#N)cn2)o1. The second-order valence-electron chi connectivity index (χ2n) is 3.28. The lowest BCUT2D eigenvalue weighted by molar-refractivity contribution is 0.472. The minimum absolute atomic E-state index is 0.303. The van der Waals surface area contributed by atoms with E-state index in [1.54, 1.807) is 19.1 Å². The fourth-order valence-corrected chi connectivity index (χ4v) is 1.11. The number of hydrogen-bond acceptors (Lipinski definition) is 6. The maximum atomic E-state index is 8.62. The van der Waals surface area contributed by atoms with Crippen molar-refractivity contribution in [2.75, 3.05) is 0 Å². The maximum Gasteiger partial charge on any atom is 0.266 e. The topological polar surface area (TPSA) is 102 Å². The number of nitrogens with two attached hydrogens (primary N) is 1. The summed E-state index contributed by atoms with van der Waals surface area (Å²) in [5.74, 6) is 0.665. The summed E-state index contributed by atoms with van der Waals surface area (Å²) in [5, 5.41) is 16.2. The third kappa shape index (κ3) is 1.89. The van der Waals surface area contributed by atoms with Gasteiger partial charge < -0.3 is 10.2 Å². The Kier molecular flexibility index (Phi) is 2.62. The van der Waals surface area contributed by atoms with Gasteiger partial charge in [0.1, 0.15) is 11.8 Å². The first-order chi connectivity index (χ1) is 7.70. The van der Waals surface area contributed by atoms with E-state index in [4.69, 9.17) is 15.4 Å². The Morgan fingerprint density at radius 2 is 2.25 bits per heavy atom. The van der Waals surface area contributed by atoms with Crippen LogP contribution in [0.3, 0.4) is 0 Å². The predicted molar refractivity (Wildman–Crippen MR) is 54.8 cm³/mol. The average molecular weight is 215 g/mol. The van der Waals surface area contributed by atoms with Gasteiger partial charge >= 0.3 is 0 Å². The van der Waals surface area contributed by atoms with E-state index in [0.29, 0.717) is 23.0 Å². The molecular formula is C10H9N5O. The first kappa shape index (κ1) is 10.3. The van der Waals surface area contributed by atoms with E-state index < -0.39 is 0 Å². The molecular weight excluding hydrogens is 206 g/mol. The van der Waals surface area contributed by atoms with Crippen LogP contribution >= 0.6 is 0 Å². The Balaban J connectivity index is 2.32. The van der Waals surface area contributed by atoms with Crippen LogP contribution in [0.1, 0.15) is 24.4 Å². The van der Waals surface area contributed by atoms with Crippen LogP contribution in [0.15, 0.2) is 22.7 Å². The van der Waals surface area contributed by atoms with Crippen LogP contribution in [0.5, 0.6) is 0 Å². The Morgan fingerprint density at radius 1 is 1.44 bits per heavy atom. The largest absolute Gasteiger partial charge is 0.418 e. The number of pyridine rings is 1. The van der Waals surface area contributed by atoms with Crippen molar-refractivity contribution >= 4 is 0 Å². The van der Waals surface area contributed by atoms with E-state index in [1.165, 1.54) is 6.20 Å². The molecule has 0 aromatic carbocycles. The molecule has 6 nitrogen and oxygen atoms in total. The van der Waals surface area contributed by atoms with Gasteiger partial charge in [0.2, 0.25) is 5.89 Å². The Bertz CT molecular complexity index is 523. The number of aromatic nitrogens is 3. The van der Waals surface area contributed by atoms with Crippen molar-refractivity contribution in [2.45, 2.75) is 13.0 Å². The zero-order valence-electron chi connectivity index (χ0n) is 8.58. The molecule has 2 aromatic rings. The molecule has 0 saturated carbocycles. The highest BCUT2D eigenvalue weighted by molar-refractivity contribution is 5.47. The highest BCUT2D eigenvalue weighted by atomic mass is 16.4. The molecule has 0 aliphatic carbocycles. The molecule has 1 atom stereocenters. The second-order valence-corrected chi connectivity index (χ2v) is 3.28. The van der Waals surface area contributed by atoms with Gasteiger partial charge in [-0.05, 0) is 19.1 Å². The quantitative estimate of drug-likeness (QED) is 0.802. The third-order valence-corrected chi connectivity index (χ3v) is 1.94. The molecule has 0 spiro atoms. The van der Waals surface area contributed by atoms with Crippen LogP contribution in [-0.4, -0.2) is 15.2 Å². The van der Waals surface area contributed by atoms with Gasteiger partial charge in [0.15, 0.2) is 0 Å². The van der Waals surface area contributed by atoms with Crippen molar-refractivity contribution < 1.29 is 4.42 Å². The van der Waals surface area contributed by atoms with Gasteiger partial charge in [0, 0.05) is 6.20 Å². The highest BCUT2D eigenvalue weighted by Gasteiger charge is 2.12. The molecule has 0 radical (unpaired) electrons. The summed E-state index contributed by atoms with van der Waals surface area (Å²) in [5.41, 5.74) is 6.60. The summed E-state index contributed by atoms with van der Waals surface area (Å²) in [4.78, 5) is 4.03. The van der Waals surface area contributed by atoms with Crippen LogP contribution in [0.2, 0.25) is 0 Å². The van der Waals surface area contributed by atoms with Gasteiger partial charge in [-0.1, -0.05) is 0 Å². The average Bonchev–Trinajstić information content (AvgIpc) is 2.78. The molecule has 0 saturated heterocycles. The molecule has 2 heterocycles. The first-order valence-corrected chi connectivity index (χ1v) is 4.66. The normalized spacial score (nSPS) is 12.1. The van der Waals surface area contributed by atoms with Gasteiger partial charge in [-0.2, -0.15) is 5.26 Å². The lowest BCUT2D eigenvalue weighted by atomic mass is 10.3. The van der Waals surface area contributed by atoms with Gasteiger partial charge in [-0.15, -0.1) is 10.2 Å². The van der Waals surface area contributed by atoms with Crippen molar-refractivity contribution in [3.05, 3.63) is 29.8 Å². The standard InChI is InChI=1S/C10H9N5O/c1-6(12)9-14-15-10(16-9)8-3-2-7(4-11)5-13-8/h2-3,5-6H,12H2,1H3.